The Bertz CT molecular complexity index is 579. The molecule has 5 nitrogen and oxygen atoms in total. The zero-order chi connectivity index (χ0) is 13.2. The quantitative estimate of drug-likeness (QED) is 0.910. The molecule has 2 aromatic rings. The van der Waals surface area contributed by atoms with E-state index >= 15 is 0 Å². The third kappa shape index (κ3) is 2.59. The van der Waals surface area contributed by atoms with E-state index in [9.17, 15) is 5.11 Å². The van der Waals surface area contributed by atoms with Crippen molar-refractivity contribution in [1.29, 1.82) is 0 Å². The summed E-state index contributed by atoms with van der Waals surface area (Å²) in [5.41, 5.74) is 1.58. The van der Waals surface area contributed by atoms with Crippen LogP contribution in [0.2, 0.25) is 0 Å². The maximum atomic E-state index is 9.84. The molecule has 0 amide bonds. The number of thioether (sulfide) groups is 1. The van der Waals surface area contributed by atoms with Gasteiger partial charge in [0.1, 0.15) is 11.9 Å². The highest BCUT2D eigenvalue weighted by molar-refractivity contribution is 7.99. The number of aromatic hydroxyl groups is 1. The molecule has 6 heteroatoms. The standard InChI is InChI=1S/C13H14N2O3S/c1-8-2-3-10(16)9(6-8)13-14-12(15-18-13)11-7-19-5-4-17-11/h2-3,6,11,16H,4-5,7H2,1H3. The number of hydrogen-bond donors (Lipinski definition) is 1. The number of aromatic nitrogens is 2. The molecule has 19 heavy (non-hydrogen) atoms. The Morgan fingerprint density at radius 1 is 1.42 bits per heavy atom. The van der Waals surface area contributed by atoms with Crippen molar-refractivity contribution in [3.8, 4) is 17.2 Å². The van der Waals surface area contributed by atoms with Crippen molar-refractivity contribution in [2.45, 2.75) is 13.0 Å². The van der Waals surface area contributed by atoms with Gasteiger partial charge in [-0.1, -0.05) is 16.8 Å². The molecule has 1 atom stereocenters. The van der Waals surface area contributed by atoms with Crippen LogP contribution in [0.4, 0.5) is 0 Å². The first-order valence-electron chi connectivity index (χ1n) is 6.07. The van der Waals surface area contributed by atoms with Crippen molar-refractivity contribution in [1.82, 2.24) is 10.1 Å². The van der Waals surface area contributed by atoms with Crippen LogP contribution in [0.5, 0.6) is 5.75 Å². The number of phenols is 1. The van der Waals surface area contributed by atoms with Gasteiger partial charge >= 0.3 is 0 Å². The fraction of sp³-hybridized carbons (Fsp3) is 0.385. The minimum Gasteiger partial charge on any atom is -0.507 e. The summed E-state index contributed by atoms with van der Waals surface area (Å²) in [5, 5.41) is 13.8. The van der Waals surface area contributed by atoms with Crippen LogP contribution in [-0.2, 0) is 4.74 Å². The Balaban J connectivity index is 1.89. The van der Waals surface area contributed by atoms with E-state index in [0.29, 0.717) is 23.9 Å². The van der Waals surface area contributed by atoms with Gasteiger partial charge in [-0.2, -0.15) is 16.7 Å². The van der Waals surface area contributed by atoms with Crippen LogP contribution >= 0.6 is 11.8 Å². The molecule has 1 N–H and O–H groups in total. The van der Waals surface area contributed by atoms with E-state index in [-0.39, 0.29) is 11.9 Å². The van der Waals surface area contributed by atoms with E-state index in [1.54, 1.807) is 6.07 Å². The highest BCUT2D eigenvalue weighted by Gasteiger charge is 2.23. The normalized spacial score (nSPS) is 19.5. The van der Waals surface area contributed by atoms with Crippen molar-refractivity contribution in [2.75, 3.05) is 18.1 Å². The minimum atomic E-state index is -0.122. The predicted molar refractivity (Wildman–Crippen MR) is 72.2 cm³/mol. The maximum Gasteiger partial charge on any atom is 0.261 e. The molecule has 3 rings (SSSR count). The van der Waals surface area contributed by atoms with Gasteiger partial charge in [0.2, 0.25) is 5.82 Å². The summed E-state index contributed by atoms with van der Waals surface area (Å²) in [4.78, 5) is 4.33. The second-order valence-corrected chi connectivity index (χ2v) is 5.56. The van der Waals surface area contributed by atoms with Gasteiger partial charge in [-0.05, 0) is 19.1 Å². The van der Waals surface area contributed by atoms with Gasteiger partial charge in [-0.3, -0.25) is 0 Å². The lowest BCUT2D eigenvalue weighted by Gasteiger charge is -2.18. The number of benzene rings is 1. The van der Waals surface area contributed by atoms with Crippen molar-refractivity contribution < 1.29 is 14.4 Å². The fourth-order valence-corrected chi connectivity index (χ4v) is 2.77. The molecule has 1 fully saturated rings. The molecule has 2 heterocycles. The Hall–Kier alpha value is -1.53. The molecule has 100 valence electrons. The molecule has 0 radical (unpaired) electrons. The molecule has 1 aliphatic rings. The lowest BCUT2D eigenvalue weighted by molar-refractivity contribution is 0.0677. The Kier molecular flexibility index (Phi) is 3.44. The zero-order valence-electron chi connectivity index (χ0n) is 10.5. The van der Waals surface area contributed by atoms with Crippen LogP contribution in [0.1, 0.15) is 17.5 Å². The van der Waals surface area contributed by atoms with Crippen LogP contribution in [-0.4, -0.2) is 33.4 Å². The topological polar surface area (TPSA) is 68.4 Å². The fourth-order valence-electron chi connectivity index (χ4n) is 1.93. The molecule has 1 aromatic heterocycles. The average molecular weight is 278 g/mol. The molecule has 0 saturated carbocycles. The molecule has 0 spiro atoms. The molecule has 1 aromatic carbocycles. The molecular formula is C13H14N2O3S. The van der Waals surface area contributed by atoms with Gasteiger partial charge in [0.15, 0.2) is 0 Å². The summed E-state index contributed by atoms with van der Waals surface area (Å²) in [6, 6.07) is 5.28. The van der Waals surface area contributed by atoms with Crippen LogP contribution in [0.15, 0.2) is 22.7 Å². The Morgan fingerprint density at radius 3 is 3.11 bits per heavy atom. The summed E-state index contributed by atoms with van der Waals surface area (Å²) < 4.78 is 10.8. The molecular weight excluding hydrogens is 264 g/mol. The van der Waals surface area contributed by atoms with Gasteiger partial charge in [-0.15, -0.1) is 0 Å². The predicted octanol–water partition coefficient (Wildman–Crippen LogP) is 2.56. The third-order valence-corrected chi connectivity index (χ3v) is 3.92. The van der Waals surface area contributed by atoms with Gasteiger partial charge in [0.05, 0.1) is 12.2 Å². The van der Waals surface area contributed by atoms with Crippen LogP contribution in [0.3, 0.4) is 0 Å². The smallest absolute Gasteiger partial charge is 0.261 e. The zero-order valence-corrected chi connectivity index (χ0v) is 11.3. The second kappa shape index (κ2) is 5.22. The van der Waals surface area contributed by atoms with Crippen molar-refractivity contribution in [3.05, 3.63) is 29.6 Å². The highest BCUT2D eigenvalue weighted by atomic mass is 32.2. The molecule has 0 bridgehead atoms. The van der Waals surface area contributed by atoms with Crippen LogP contribution in [0.25, 0.3) is 11.5 Å². The number of ether oxygens (including phenoxy) is 1. The number of rotatable bonds is 2. The number of aryl methyl sites for hydroxylation is 1. The number of phenolic OH excluding ortho intramolecular Hbond substituents is 1. The van der Waals surface area contributed by atoms with E-state index in [0.717, 1.165) is 17.1 Å². The monoisotopic (exact) mass is 278 g/mol. The van der Waals surface area contributed by atoms with E-state index in [1.165, 1.54) is 0 Å². The van der Waals surface area contributed by atoms with Crippen LogP contribution in [0, 0.1) is 6.92 Å². The number of hydrogen-bond acceptors (Lipinski definition) is 6. The highest BCUT2D eigenvalue weighted by Crippen LogP contribution is 2.31. The lowest BCUT2D eigenvalue weighted by atomic mass is 10.1. The molecule has 1 saturated heterocycles. The van der Waals surface area contributed by atoms with Crippen molar-refractivity contribution in [3.63, 3.8) is 0 Å². The van der Waals surface area contributed by atoms with Crippen molar-refractivity contribution in [2.24, 2.45) is 0 Å². The van der Waals surface area contributed by atoms with E-state index in [2.05, 4.69) is 10.1 Å². The summed E-state index contributed by atoms with van der Waals surface area (Å²) in [7, 11) is 0. The van der Waals surface area contributed by atoms with E-state index in [4.69, 9.17) is 9.26 Å². The third-order valence-electron chi connectivity index (χ3n) is 2.93. The first-order valence-corrected chi connectivity index (χ1v) is 7.22. The maximum absolute atomic E-state index is 9.84. The lowest BCUT2D eigenvalue weighted by Crippen LogP contribution is -2.16. The molecule has 1 unspecified atom stereocenters. The minimum absolute atomic E-state index is 0.122. The van der Waals surface area contributed by atoms with Gasteiger partial charge in [0, 0.05) is 11.5 Å². The largest absolute Gasteiger partial charge is 0.507 e. The Morgan fingerprint density at radius 2 is 2.32 bits per heavy atom. The van der Waals surface area contributed by atoms with Crippen LogP contribution < -0.4 is 0 Å². The molecule has 0 aliphatic carbocycles. The summed E-state index contributed by atoms with van der Waals surface area (Å²) in [6.07, 6.45) is -0.122. The van der Waals surface area contributed by atoms with Gasteiger partial charge in [-0.25, -0.2) is 0 Å². The SMILES string of the molecule is Cc1ccc(O)c(-c2nc(C3CSCCO3)no2)c1. The van der Waals surface area contributed by atoms with Gasteiger partial charge < -0.3 is 14.4 Å². The Labute approximate surface area is 115 Å². The number of nitrogens with zero attached hydrogens (tertiary/aromatic N) is 2. The van der Waals surface area contributed by atoms with Crippen molar-refractivity contribution >= 4 is 11.8 Å². The summed E-state index contributed by atoms with van der Waals surface area (Å²) >= 11 is 1.81. The van der Waals surface area contributed by atoms with Gasteiger partial charge in [0.25, 0.3) is 5.89 Å². The summed E-state index contributed by atoms with van der Waals surface area (Å²) in [5.74, 6) is 2.84. The van der Waals surface area contributed by atoms with E-state index in [1.807, 2.05) is 30.8 Å². The summed E-state index contributed by atoms with van der Waals surface area (Å²) in [6.45, 7) is 2.65. The molecule has 1 aliphatic heterocycles. The second-order valence-electron chi connectivity index (χ2n) is 4.41. The van der Waals surface area contributed by atoms with E-state index < -0.39 is 0 Å². The first-order chi connectivity index (χ1) is 9.24. The average Bonchev–Trinajstić information content (AvgIpc) is 2.92. The first kappa shape index (κ1) is 12.5.